The Morgan fingerprint density at radius 3 is 2.09 bits per heavy atom. The van der Waals surface area contributed by atoms with Gasteiger partial charge in [0.15, 0.2) is 0 Å². The largest absolute Gasteiger partial charge is 0.354 e. The second-order valence-corrected chi connectivity index (χ2v) is 13.6. The Bertz CT molecular complexity index is 1680. The fourth-order valence-electron chi connectivity index (χ4n) is 5.09. The van der Waals surface area contributed by atoms with Crippen molar-refractivity contribution in [2.75, 3.05) is 17.4 Å². The Kier molecular flexibility index (Phi) is 11.8. The molecular formula is C36H40ClN3O4S. The summed E-state index contributed by atoms with van der Waals surface area (Å²) in [6.07, 6.45) is 0.805. The van der Waals surface area contributed by atoms with Crippen molar-refractivity contribution < 1.29 is 18.0 Å². The lowest BCUT2D eigenvalue weighted by Crippen LogP contribution is -2.53. The number of halogens is 1. The van der Waals surface area contributed by atoms with Gasteiger partial charge in [-0.3, -0.25) is 13.9 Å². The lowest BCUT2D eigenvalue weighted by molar-refractivity contribution is -0.140. The van der Waals surface area contributed by atoms with Crippen LogP contribution in [0.5, 0.6) is 0 Å². The van der Waals surface area contributed by atoms with Gasteiger partial charge in [-0.1, -0.05) is 111 Å². The smallest absolute Gasteiger partial charge is 0.264 e. The third kappa shape index (κ3) is 8.96. The van der Waals surface area contributed by atoms with E-state index in [0.717, 1.165) is 16.7 Å². The van der Waals surface area contributed by atoms with Crippen molar-refractivity contribution in [1.82, 2.24) is 10.2 Å². The summed E-state index contributed by atoms with van der Waals surface area (Å²) >= 11 is 6.32. The number of sulfonamides is 1. The predicted molar refractivity (Wildman–Crippen MR) is 181 cm³/mol. The second kappa shape index (κ2) is 15.7. The highest BCUT2D eigenvalue weighted by atomic mass is 35.5. The molecule has 0 heterocycles. The highest BCUT2D eigenvalue weighted by molar-refractivity contribution is 7.92. The molecule has 0 saturated heterocycles. The number of benzene rings is 4. The van der Waals surface area contributed by atoms with Crippen LogP contribution in [0, 0.1) is 5.92 Å². The van der Waals surface area contributed by atoms with Crippen LogP contribution in [0.15, 0.2) is 114 Å². The molecule has 0 unspecified atom stereocenters. The molecule has 0 spiro atoms. The van der Waals surface area contributed by atoms with Crippen molar-refractivity contribution in [3.63, 3.8) is 0 Å². The molecule has 4 aromatic carbocycles. The van der Waals surface area contributed by atoms with Crippen molar-refractivity contribution in [2.45, 2.75) is 51.1 Å². The first-order valence-corrected chi connectivity index (χ1v) is 16.9. The molecule has 7 nitrogen and oxygen atoms in total. The van der Waals surface area contributed by atoms with Crippen molar-refractivity contribution in [2.24, 2.45) is 5.92 Å². The third-order valence-corrected chi connectivity index (χ3v) is 9.46. The quantitative estimate of drug-likeness (QED) is 0.169. The maximum Gasteiger partial charge on any atom is 0.264 e. The molecule has 0 radical (unpaired) electrons. The summed E-state index contributed by atoms with van der Waals surface area (Å²) in [7, 11) is -4.16. The number of carbonyl (C=O) groups excluding carboxylic acids is 2. The SMILES string of the molecule is CCc1ccccc1N(CC(=O)N(Cc1cccc(Cl)c1)[C@H](Cc1ccccc1)C(=O)NCC(C)C)S(=O)(=O)c1ccccc1. The van der Waals surface area contributed by atoms with Gasteiger partial charge in [0, 0.05) is 24.5 Å². The van der Waals surface area contributed by atoms with Gasteiger partial charge in [-0.15, -0.1) is 0 Å². The average Bonchev–Trinajstić information content (AvgIpc) is 3.04. The summed E-state index contributed by atoms with van der Waals surface area (Å²) < 4.78 is 29.6. The summed E-state index contributed by atoms with van der Waals surface area (Å²) in [5, 5.41) is 3.50. The van der Waals surface area contributed by atoms with Crippen LogP contribution in [0.3, 0.4) is 0 Å². The number of rotatable bonds is 14. The summed E-state index contributed by atoms with van der Waals surface area (Å²) in [6, 6.07) is 30.9. The zero-order chi connectivity index (χ0) is 32.4. The second-order valence-electron chi connectivity index (χ2n) is 11.3. The molecular weight excluding hydrogens is 606 g/mol. The monoisotopic (exact) mass is 645 g/mol. The van der Waals surface area contributed by atoms with Gasteiger partial charge in [0.1, 0.15) is 12.6 Å². The van der Waals surface area contributed by atoms with Gasteiger partial charge in [0.05, 0.1) is 10.6 Å². The maximum absolute atomic E-state index is 14.6. The summed E-state index contributed by atoms with van der Waals surface area (Å²) in [5.41, 5.74) is 2.79. The van der Waals surface area contributed by atoms with Gasteiger partial charge in [0.25, 0.3) is 10.0 Å². The number of amides is 2. The average molecular weight is 646 g/mol. The molecule has 4 rings (SSSR count). The van der Waals surface area contributed by atoms with Crippen LogP contribution in [-0.2, 0) is 39.0 Å². The summed E-state index contributed by atoms with van der Waals surface area (Å²) in [6.45, 7) is 5.92. The van der Waals surface area contributed by atoms with Gasteiger partial charge in [-0.2, -0.15) is 0 Å². The molecule has 0 saturated carbocycles. The van der Waals surface area contributed by atoms with Crippen molar-refractivity contribution in [3.8, 4) is 0 Å². The number of anilines is 1. The fraction of sp³-hybridized carbons (Fsp3) is 0.278. The minimum Gasteiger partial charge on any atom is -0.354 e. The molecule has 0 aliphatic rings. The van der Waals surface area contributed by atoms with Crippen LogP contribution in [0.2, 0.25) is 5.02 Å². The number of carbonyl (C=O) groups is 2. The Morgan fingerprint density at radius 2 is 1.44 bits per heavy atom. The van der Waals surface area contributed by atoms with Crippen LogP contribution in [0.4, 0.5) is 5.69 Å². The Morgan fingerprint density at radius 1 is 0.822 bits per heavy atom. The minimum atomic E-state index is -4.16. The molecule has 45 heavy (non-hydrogen) atoms. The van der Waals surface area contributed by atoms with Crippen molar-refractivity contribution in [3.05, 3.63) is 131 Å². The number of nitrogens with zero attached hydrogens (tertiary/aromatic N) is 2. The van der Waals surface area contributed by atoms with E-state index in [-0.39, 0.29) is 29.7 Å². The molecule has 4 aromatic rings. The Labute approximate surface area is 271 Å². The van der Waals surface area contributed by atoms with E-state index in [1.807, 2.05) is 69.3 Å². The minimum absolute atomic E-state index is 0.0562. The maximum atomic E-state index is 14.6. The molecule has 0 bridgehead atoms. The standard InChI is InChI=1S/C36H40ClN3O4S/c1-4-30-17-11-12-21-33(30)40(45(43,44)32-19-9-6-10-20-32)26-35(41)39(25-29-16-13-18-31(37)22-29)34(36(42)38-24-27(2)3)23-28-14-7-5-8-15-28/h5-22,27,34H,4,23-26H2,1-3H3,(H,38,42)/t34-/m1/s1. The van der Waals surface area contributed by atoms with Crippen LogP contribution < -0.4 is 9.62 Å². The number of aryl methyl sites for hydroxylation is 1. The van der Waals surface area contributed by atoms with Gasteiger partial charge in [-0.25, -0.2) is 8.42 Å². The lowest BCUT2D eigenvalue weighted by Gasteiger charge is -2.34. The Balaban J connectivity index is 1.82. The van der Waals surface area contributed by atoms with Gasteiger partial charge < -0.3 is 10.2 Å². The zero-order valence-electron chi connectivity index (χ0n) is 25.9. The summed E-state index contributed by atoms with van der Waals surface area (Å²) in [5.74, 6) is -0.629. The number of hydrogen-bond donors (Lipinski definition) is 1. The molecule has 1 atom stereocenters. The van der Waals surface area contributed by atoms with E-state index in [1.165, 1.54) is 21.3 Å². The van der Waals surface area contributed by atoms with Crippen molar-refractivity contribution in [1.29, 1.82) is 0 Å². The summed E-state index contributed by atoms with van der Waals surface area (Å²) in [4.78, 5) is 30.0. The molecule has 1 N–H and O–H groups in total. The van der Waals surface area contributed by atoms with E-state index >= 15 is 0 Å². The predicted octanol–water partition coefficient (Wildman–Crippen LogP) is 6.51. The van der Waals surface area contributed by atoms with Gasteiger partial charge >= 0.3 is 0 Å². The molecule has 9 heteroatoms. The highest BCUT2D eigenvalue weighted by Gasteiger charge is 2.35. The fourth-order valence-corrected chi connectivity index (χ4v) is 6.78. The van der Waals surface area contributed by atoms with Crippen LogP contribution >= 0.6 is 11.6 Å². The van der Waals surface area contributed by atoms with Gasteiger partial charge in [-0.05, 0) is 59.4 Å². The van der Waals surface area contributed by atoms with E-state index in [4.69, 9.17) is 11.6 Å². The molecule has 236 valence electrons. The molecule has 0 aliphatic carbocycles. The molecule has 0 fully saturated rings. The normalized spacial score (nSPS) is 12.0. The number of hydrogen-bond acceptors (Lipinski definition) is 4. The first-order valence-electron chi connectivity index (χ1n) is 15.1. The topological polar surface area (TPSA) is 86.8 Å². The van der Waals surface area contributed by atoms with Crippen LogP contribution in [-0.4, -0.2) is 44.3 Å². The van der Waals surface area contributed by atoms with Crippen LogP contribution in [0.1, 0.15) is 37.5 Å². The number of nitrogens with one attached hydrogen (secondary N) is 1. The van der Waals surface area contributed by atoms with E-state index in [1.54, 1.807) is 48.5 Å². The number of para-hydroxylation sites is 1. The first kappa shape index (κ1) is 33.7. The van der Waals surface area contributed by atoms with Crippen molar-refractivity contribution >= 4 is 39.1 Å². The van der Waals surface area contributed by atoms with E-state index in [0.29, 0.717) is 23.7 Å². The third-order valence-electron chi connectivity index (χ3n) is 7.45. The Hall–Kier alpha value is -4.14. The molecule has 0 aliphatic heterocycles. The van der Waals surface area contributed by atoms with E-state index < -0.39 is 28.5 Å². The highest BCUT2D eigenvalue weighted by Crippen LogP contribution is 2.28. The lowest BCUT2D eigenvalue weighted by atomic mass is 10.0. The first-order chi connectivity index (χ1) is 21.6. The van der Waals surface area contributed by atoms with Crippen LogP contribution in [0.25, 0.3) is 0 Å². The molecule has 0 aromatic heterocycles. The van der Waals surface area contributed by atoms with E-state index in [9.17, 15) is 18.0 Å². The zero-order valence-corrected chi connectivity index (χ0v) is 27.5. The van der Waals surface area contributed by atoms with E-state index in [2.05, 4.69) is 5.32 Å². The molecule has 2 amide bonds. The van der Waals surface area contributed by atoms with Gasteiger partial charge in [0.2, 0.25) is 11.8 Å².